The van der Waals surface area contributed by atoms with Crippen LogP contribution in [0.3, 0.4) is 0 Å². The van der Waals surface area contributed by atoms with Gasteiger partial charge in [-0.15, -0.1) is 9.79 Å². The highest BCUT2D eigenvalue weighted by atomic mass is 33.1. The summed E-state index contributed by atoms with van der Waals surface area (Å²) in [6, 6.07) is 2.29. The third-order valence-corrected chi connectivity index (χ3v) is 6.00. The van der Waals surface area contributed by atoms with Gasteiger partial charge < -0.3 is 29.3 Å². The quantitative estimate of drug-likeness (QED) is 0.241. The Balaban J connectivity index is 1.18. The van der Waals surface area contributed by atoms with E-state index in [1.54, 1.807) is 0 Å². The number of carbonyl (C=O) groups is 3. The lowest BCUT2D eigenvalue weighted by molar-refractivity contribution is -0.184. The van der Waals surface area contributed by atoms with Gasteiger partial charge in [0.05, 0.1) is 0 Å². The van der Waals surface area contributed by atoms with E-state index in [2.05, 4.69) is 4.84 Å². The number of hydrogen-bond donors (Lipinski definition) is 2. The van der Waals surface area contributed by atoms with E-state index >= 15 is 0 Å². The van der Waals surface area contributed by atoms with Crippen LogP contribution < -0.4 is 4.84 Å². The number of amides is 1. The zero-order chi connectivity index (χ0) is 20.8. The van der Waals surface area contributed by atoms with Gasteiger partial charge in [0.1, 0.15) is 19.3 Å². The van der Waals surface area contributed by atoms with Gasteiger partial charge in [0.25, 0.3) is 5.91 Å². The molecule has 12 nitrogen and oxygen atoms in total. The van der Waals surface area contributed by atoms with Crippen molar-refractivity contribution in [3.63, 3.8) is 0 Å². The fourth-order valence-electron chi connectivity index (χ4n) is 2.31. The van der Waals surface area contributed by atoms with Crippen molar-refractivity contribution in [2.45, 2.75) is 25.2 Å². The molecule has 2 fully saturated rings. The lowest BCUT2D eigenvalue weighted by Crippen LogP contribution is -2.40. The monoisotopic (exact) mass is 450 g/mol. The van der Waals surface area contributed by atoms with Crippen molar-refractivity contribution in [2.24, 2.45) is 0 Å². The molecule has 0 aliphatic carbocycles. The van der Waals surface area contributed by atoms with Crippen molar-refractivity contribution in [3.8, 4) is 11.8 Å². The summed E-state index contributed by atoms with van der Waals surface area (Å²) >= 11 is 0. The topological polar surface area (TPSA) is 149 Å². The molecular formula is C15H18N2O10S2. The van der Waals surface area contributed by atoms with Crippen molar-refractivity contribution < 1.29 is 48.5 Å². The highest BCUT2D eigenvalue weighted by Gasteiger charge is 2.52. The van der Waals surface area contributed by atoms with Gasteiger partial charge >= 0.3 is 12.3 Å². The van der Waals surface area contributed by atoms with Gasteiger partial charge in [0.15, 0.2) is 6.23 Å². The molecule has 160 valence electrons. The first-order valence-electron chi connectivity index (χ1n) is 8.47. The minimum Gasteiger partial charge on any atom is -0.492 e. The van der Waals surface area contributed by atoms with Crippen LogP contribution in [0.4, 0.5) is 9.59 Å². The van der Waals surface area contributed by atoms with Crippen LogP contribution in [0.1, 0.15) is 12.8 Å². The van der Waals surface area contributed by atoms with Crippen molar-refractivity contribution in [1.29, 1.82) is 0 Å². The summed E-state index contributed by atoms with van der Waals surface area (Å²) in [4.78, 5) is 44.1. The summed E-state index contributed by atoms with van der Waals surface area (Å²) in [5.74, 6) is -0.331. The maximum atomic E-state index is 11.6. The van der Waals surface area contributed by atoms with E-state index in [1.807, 2.05) is 0 Å². The summed E-state index contributed by atoms with van der Waals surface area (Å²) in [7, 11) is 2.74. The van der Waals surface area contributed by atoms with Crippen LogP contribution in [0.5, 0.6) is 11.8 Å². The summed E-state index contributed by atoms with van der Waals surface area (Å²) in [6.45, 7) is 0.102. The van der Waals surface area contributed by atoms with Gasteiger partial charge in [-0.05, 0) is 6.42 Å². The second kappa shape index (κ2) is 9.84. The van der Waals surface area contributed by atoms with E-state index in [0.717, 1.165) is 17.2 Å². The van der Waals surface area contributed by atoms with E-state index in [9.17, 15) is 24.6 Å². The highest BCUT2D eigenvalue weighted by Crippen LogP contribution is 2.35. The average molecular weight is 450 g/mol. The third kappa shape index (κ3) is 6.01. The zero-order valence-corrected chi connectivity index (χ0v) is 16.6. The molecule has 29 heavy (non-hydrogen) atoms. The van der Waals surface area contributed by atoms with Gasteiger partial charge in [-0.3, -0.25) is 9.63 Å². The number of piperidine rings is 1. The number of aromatic hydroxyl groups is 2. The van der Waals surface area contributed by atoms with Crippen LogP contribution in [-0.2, 0) is 23.8 Å². The van der Waals surface area contributed by atoms with Crippen LogP contribution in [0.25, 0.3) is 0 Å². The molecule has 0 radical (unpaired) electrons. The predicted molar refractivity (Wildman–Crippen MR) is 97.8 cm³/mol. The first-order chi connectivity index (χ1) is 14.0. The molecule has 0 spiro atoms. The molecule has 3 rings (SSSR count). The van der Waals surface area contributed by atoms with Crippen molar-refractivity contribution in [3.05, 3.63) is 12.1 Å². The molecule has 2 saturated heterocycles. The maximum absolute atomic E-state index is 11.6. The first-order valence-corrected chi connectivity index (χ1v) is 11.0. The highest BCUT2D eigenvalue weighted by molar-refractivity contribution is 8.76. The number of carbonyl (C=O) groups excluding carboxylic acids is 3. The smallest absolute Gasteiger partial charge is 0.492 e. The van der Waals surface area contributed by atoms with Crippen molar-refractivity contribution in [1.82, 2.24) is 9.79 Å². The molecule has 0 bridgehead atoms. The number of aromatic nitrogens is 1. The second-order valence-electron chi connectivity index (χ2n) is 5.69. The first kappa shape index (κ1) is 21.3. The number of epoxide rings is 1. The van der Waals surface area contributed by atoms with E-state index < -0.39 is 30.3 Å². The van der Waals surface area contributed by atoms with E-state index in [-0.39, 0.29) is 31.6 Å². The Kier molecular flexibility index (Phi) is 7.22. The third-order valence-electron chi connectivity index (χ3n) is 3.67. The Morgan fingerprint density at radius 3 is 2.28 bits per heavy atom. The molecule has 1 aromatic rings. The summed E-state index contributed by atoms with van der Waals surface area (Å²) in [6.07, 6.45) is -1.72. The second-order valence-corrected chi connectivity index (χ2v) is 8.39. The molecule has 0 saturated carbocycles. The summed E-state index contributed by atoms with van der Waals surface area (Å²) < 4.78 is 15.4. The molecule has 2 atom stereocenters. The standard InChI is InChI=1S/C15H18N2O10S2/c18-10-3-4-11(19)16(10)26-14(21)23-5-7-28-29-8-6-24-15(22)27-17-12(20)2-1-9-13(17)25-9/h3-4,9,13,18-19H,1-2,5-8H2. The molecule has 14 heteroatoms. The summed E-state index contributed by atoms with van der Waals surface area (Å²) in [5.41, 5.74) is 0. The molecular weight excluding hydrogens is 432 g/mol. The molecule has 1 amide bonds. The maximum Gasteiger partial charge on any atom is 0.533 e. The van der Waals surface area contributed by atoms with Crippen LogP contribution in [-0.4, -0.2) is 75.3 Å². The number of rotatable bonds is 9. The van der Waals surface area contributed by atoms with Crippen LogP contribution in [0.15, 0.2) is 12.1 Å². The molecule has 2 aliphatic heterocycles. The number of hydrogen-bond acceptors (Lipinski definition) is 12. The largest absolute Gasteiger partial charge is 0.533 e. The minimum atomic E-state index is -1.09. The number of fused-ring (bicyclic) bond motifs is 1. The van der Waals surface area contributed by atoms with Crippen LogP contribution >= 0.6 is 21.6 Å². The fraction of sp³-hybridized carbons (Fsp3) is 0.533. The van der Waals surface area contributed by atoms with E-state index in [4.69, 9.17) is 19.0 Å². The van der Waals surface area contributed by atoms with Gasteiger partial charge in [-0.1, -0.05) is 21.6 Å². The fourth-order valence-corrected chi connectivity index (χ4v) is 3.96. The number of ether oxygens (including phenoxy) is 3. The molecule has 2 aliphatic rings. The Bertz CT molecular complexity index is 738. The predicted octanol–water partition coefficient (Wildman–Crippen LogP) is 1.26. The molecule has 0 aromatic carbocycles. The number of nitrogens with zero attached hydrogens (tertiary/aromatic N) is 2. The van der Waals surface area contributed by atoms with Crippen LogP contribution in [0, 0.1) is 0 Å². The SMILES string of the molecule is O=C(OCCSSCCOC(=O)On1c(O)ccc1O)ON1C(=O)CCC2OC21. The van der Waals surface area contributed by atoms with Crippen LogP contribution in [0.2, 0.25) is 0 Å². The Morgan fingerprint density at radius 1 is 1.07 bits per heavy atom. The normalized spacial score (nSPS) is 20.0. The van der Waals surface area contributed by atoms with E-state index in [0.29, 0.717) is 22.7 Å². The molecule has 3 heterocycles. The number of hydroxylamine groups is 2. The van der Waals surface area contributed by atoms with E-state index in [1.165, 1.54) is 21.6 Å². The molecule has 2 N–H and O–H groups in total. The average Bonchev–Trinajstić information content (AvgIpc) is 3.42. The van der Waals surface area contributed by atoms with Gasteiger partial charge in [-0.2, -0.15) is 0 Å². The van der Waals surface area contributed by atoms with Gasteiger partial charge in [0.2, 0.25) is 11.8 Å². The molecule has 2 unspecified atom stereocenters. The van der Waals surface area contributed by atoms with Crippen molar-refractivity contribution in [2.75, 3.05) is 24.7 Å². The molecule has 1 aromatic heterocycles. The Hall–Kier alpha value is -2.45. The van der Waals surface area contributed by atoms with Gasteiger partial charge in [0, 0.05) is 30.1 Å². The van der Waals surface area contributed by atoms with Crippen molar-refractivity contribution >= 4 is 39.8 Å². The lowest BCUT2D eigenvalue weighted by Gasteiger charge is -2.21. The summed E-state index contributed by atoms with van der Waals surface area (Å²) in [5, 5.41) is 19.6. The zero-order valence-electron chi connectivity index (χ0n) is 14.9. The Morgan fingerprint density at radius 2 is 1.66 bits per heavy atom. The minimum absolute atomic E-state index is 0.0296. The lowest BCUT2D eigenvalue weighted by atomic mass is 10.1. The van der Waals surface area contributed by atoms with Gasteiger partial charge in [-0.25, -0.2) is 9.59 Å². The Labute approximate surface area is 172 Å².